The molecule has 4 heterocycles. The fourth-order valence-corrected chi connectivity index (χ4v) is 3.29. The van der Waals surface area contributed by atoms with Crippen LogP contribution < -0.4 is 17.0 Å². The highest BCUT2D eigenvalue weighted by atomic mass is 16.2. The molecule has 11 nitrogen and oxygen atoms in total. The van der Waals surface area contributed by atoms with Gasteiger partial charge in [0.25, 0.3) is 5.56 Å². The average molecular weight is 370 g/mol. The van der Waals surface area contributed by atoms with Crippen LogP contribution in [-0.4, -0.2) is 46.0 Å². The topological polar surface area (TPSA) is 134 Å². The third-order valence-corrected chi connectivity index (χ3v) is 4.84. The number of nitrogens with zero attached hydrogens (tertiary/aromatic N) is 7. The van der Waals surface area contributed by atoms with Crippen LogP contribution in [0.3, 0.4) is 0 Å². The van der Waals surface area contributed by atoms with Crippen molar-refractivity contribution in [3.63, 3.8) is 0 Å². The van der Waals surface area contributed by atoms with Gasteiger partial charge in [0.05, 0.1) is 18.6 Å². The van der Waals surface area contributed by atoms with Gasteiger partial charge in [-0.05, 0) is 12.0 Å². The molecular weight excluding hydrogens is 352 g/mol. The smallest absolute Gasteiger partial charge is 0.332 e. The van der Waals surface area contributed by atoms with E-state index in [1.165, 1.54) is 29.6 Å². The fraction of sp³-hybridized carbons (Fsp3) is 0.375. The first-order chi connectivity index (χ1) is 12.9. The van der Waals surface area contributed by atoms with Gasteiger partial charge in [-0.2, -0.15) is 0 Å². The number of aryl methyl sites for hydroxylation is 1. The van der Waals surface area contributed by atoms with Crippen molar-refractivity contribution in [2.75, 3.05) is 12.3 Å². The molecule has 2 N–H and O–H groups in total. The fourth-order valence-electron chi connectivity index (χ4n) is 3.29. The molecular formula is C16H18N8O3. The second-order valence-corrected chi connectivity index (χ2v) is 6.52. The van der Waals surface area contributed by atoms with E-state index in [0.717, 1.165) is 15.8 Å². The molecule has 0 radical (unpaired) electrons. The Morgan fingerprint density at radius 3 is 2.78 bits per heavy atom. The lowest BCUT2D eigenvalue weighted by Crippen LogP contribution is -2.40. The van der Waals surface area contributed by atoms with Gasteiger partial charge in [0, 0.05) is 26.8 Å². The zero-order chi connectivity index (χ0) is 19.3. The van der Waals surface area contributed by atoms with E-state index in [9.17, 15) is 14.4 Å². The maximum atomic E-state index is 12.8. The number of carbonyl (C=O) groups excluding carboxylic acids is 1. The molecule has 0 saturated heterocycles. The molecule has 0 spiro atoms. The third kappa shape index (κ3) is 2.67. The molecule has 27 heavy (non-hydrogen) atoms. The molecule has 0 saturated carbocycles. The minimum atomic E-state index is -0.483. The standard InChI is InChI=1S/C16H18N8O3/c1-21-13-12(14(26)22(2)16(21)27)24(8-19-13)7-11(25)23-4-3-9-5-18-15(17)20-10(9)6-23/h5,8H,3-4,6-7H2,1-2H3,(H2,17,18,20). The number of amides is 1. The Morgan fingerprint density at radius 2 is 2.00 bits per heavy atom. The lowest BCUT2D eigenvalue weighted by molar-refractivity contribution is -0.132. The van der Waals surface area contributed by atoms with Crippen molar-refractivity contribution in [2.45, 2.75) is 19.5 Å². The van der Waals surface area contributed by atoms with E-state index in [-0.39, 0.29) is 29.6 Å². The summed E-state index contributed by atoms with van der Waals surface area (Å²) >= 11 is 0. The predicted octanol–water partition coefficient (Wildman–Crippen LogP) is -1.61. The minimum Gasteiger partial charge on any atom is -0.368 e. The molecule has 1 aliphatic heterocycles. The Kier molecular flexibility index (Phi) is 3.79. The SMILES string of the molecule is Cn1c(=O)c2c(ncn2CC(=O)N2CCc3cnc(N)nc3C2)n(C)c1=O. The predicted molar refractivity (Wildman–Crippen MR) is 95.8 cm³/mol. The zero-order valence-electron chi connectivity index (χ0n) is 14.9. The Bertz CT molecular complexity index is 1190. The normalized spacial score (nSPS) is 13.8. The van der Waals surface area contributed by atoms with Crippen molar-refractivity contribution in [1.82, 2.24) is 33.6 Å². The van der Waals surface area contributed by atoms with E-state index in [0.29, 0.717) is 19.5 Å². The summed E-state index contributed by atoms with van der Waals surface area (Å²) in [4.78, 5) is 51.2. The van der Waals surface area contributed by atoms with Gasteiger partial charge in [0.15, 0.2) is 11.2 Å². The number of rotatable bonds is 2. The van der Waals surface area contributed by atoms with Crippen LogP contribution in [0.1, 0.15) is 11.3 Å². The molecule has 0 atom stereocenters. The molecule has 4 rings (SSSR count). The molecule has 140 valence electrons. The van der Waals surface area contributed by atoms with E-state index in [1.54, 1.807) is 11.1 Å². The van der Waals surface area contributed by atoms with Crippen LogP contribution in [0.15, 0.2) is 22.1 Å². The first kappa shape index (κ1) is 16.9. The number of carbonyl (C=O) groups is 1. The number of nitrogens with two attached hydrogens (primary N) is 1. The summed E-state index contributed by atoms with van der Waals surface area (Å²) in [6.45, 7) is 0.812. The summed E-state index contributed by atoms with van der Waals surface area (Å²) in [6.07, 6.45) is 3.73. The second-order valence-electron chi connectivity index (χ2n) is 6.52. The molecule has 0 aliphatic carbocycles. The Morgan fingerprint density at radius 1 is 1.22 bits per heavy atom. The molecule has 1 amide bonds. The largest absolute Gasteiger partial charge is 0.368 e. The first-order valence-corrected chi connectivity index (χ1v) is 8.35. The lowest BCUT2D eigenvalue weighted by Gasteiger charge is -2.28. The Hall–Kier alpha value is -3.50. The number of anilines is 1. The van der Waals surface area contributed by atoms with Crippen LogP contribution in [0.5, 0.6) is 0 Å². The number of hydrogen-bond acceptors (Lipinski definition) is 7. The number of imidazole rings is 1. The van der Waals surface area contributed by atoms with E-state index in [1.807, 2.05) is 0 Å². The average Bonchev–Trinajstić information content (AvgIpc) is 3.07. The Balaban J connectivity index is 1.65. The van der Waals surface area contributed by atoms with E-state index < -0.39 is 11.2 Å². The summed E-state index contributed by atoms with van der Waals surface area (Å²) in [5.41, 5.74) is 6.86. The number of hydrogen-bond donors (Lipinski definition) is 1. The Labute approximate surface area is 152 Å². The summed E-state index contributed by atoms with van der Waals surface area (Å²) in [5.74, 6) is 0.00102. The molecule has 0 bridgehead atoms. The summed E-state index contributed by atoms with van der Waals surface area (Å²) in [5, 5.41) is 0. The van der Waals surface area contributed by atoms with E-state index >= 15 is 0 Å². The minimum absolute atomic E-state index is 0.0557. The van der Waals surface area contributed by atoms with E-state index in [4.69, 9.17) is 5.73 Å². The highest BCUT2D eigenvalue weighted by molar-refractivity contribution is 5.79. The van der Waals surface area contributed by atoms with Crippen molar-refractivity contribution < 1.29 is 4.79 Å². The van der Waals surface area contributed by atoms with Gasteiger partial charge in [-0.25, -0.2) is 19.7 Å². The van der Waals surface area contributed by atoms with Crippen LogP contribution in [0.25, 0.3) is 11.2 Å². The van der Waals surface area contributed by atoms with Crippen LogP contribution in [-0.2, 0) is 38.4 Å². The summed E-state index contributed by atoms with van der Waals surface area (Å²) < 4.78 is 3.76. The molecule has 1 aliphatic rings. The number of aromatic nitrogens is 6. The van der Waals surface area contributed by atoms with Crippen molar-refractivity contribution in [2.24, 2.45) is 14.1 Å². The van der Waals surface area contributed by atoms with Gasteiger partial charge in [-0.1, -0.05) is 0 Å². The van der Waals surface area contributed by atoms with Crippen molar-refractivity contribution in [1.29, 1.82) is 0 Å². The van der Waals surface area contributed by atoms with Crippen LogP contribution >= 0.6 is 0 Å². The quantitative estimate of drug-likeness (QED) is 0.573. The van der Waals surface area contributed by atoms with Crippen molar-refractivity contribution in [3.05, 3.63) is 44.6 Å². The lowest BCUT2D eigenvalue weighted by atomic mass is 10.1. The molecule has 3 aromatic rings. The molecule has 3 aromatic heterocycles. The van der Waals surface area contributed by atoms with E-state index in [2.05, 4.69) is 15.0 Å². The molecule has 11 heteroatoms. The third-order valence-electron chi connectivity index (χ3n) is 4.84. The maximum absolute atomic E-state index is 12.8. The van der Waals surface area contributed by atoms with Gasteiger partial charge in [0.2, 0.25) is 11.9 Å². The highest BCUT2D eigenvalue weighted by Gasteiger charge is 2.24. The summed E-state index contributed by atoms with van der Waals surface area (Å²) in [6, 6.07) is 0. The number of nitrogen functional groups attached to an aromatic ring is 1. The first-order valence-electron chi connectivity index (χ1n) is 8.35. The monoisotopic (exact) mass is 370 g/mol. The van der Waals surface area contributed by atoms with Gasteiger partial charge >= 0.3 is 5.69 Å². The van der Waals surface area contributed by atoms with Gasteiger partial charge in [0.1, 0.15) is 6.54 Å². The molecule has 0 aromatic carbocycles. The molecule has 0 unspecified atom stereocenters. The van der Waals surface area contributed by atoms with Crippen molar-refractivity contribution in [3.8, 4) is 0 Å². The van der Waals surface area contributed by atoms with Crippen molar-refractivity contribution >= 4 is 23.0 Å². The number of fused-ring (bicyclic) bond motifs is 2. The van der Waals surface area contributed by atoms with Gasteiger partial charge in [-0.15, -0.1) is 0 Å². The maximum Gasteiger partial charge on any atom is 0.332 e. The highest BCUT2D eigenvalue weighted by Crippen LogP contribution is 2.17. The second kappa shape index (κ2) is 6.04. The van der Waals surface area contributed by atoms with Crippen LogP contribution in [0, 0.1) is 0 Å². The summed E-state index contributed by atoms with van der Waals surface area (Å²) in [7, 11) is 2.93. The molecule has 0 fully saturated rings. The van der Waals surface area contributed by atoms with Gasteiger partial charge < -0.3 is 15.2 Å². The zero-order valence-corrected chi connectivity index (χ0v) is 14.9. The van der Waals surface area contributed by atoms with Crippen LogP contribution in [0.4, 0.5) is 5.95 Å². The van der Waals surface area contributed by atoms with Gasteiger partial charge in [-0.3, -0.25) is 18.7 Å². The van der Waals surface area contributed by atoms with Crippen LogP contribution in [0.2, 0.25) is 0 Å².